The fourth-order valence-electron chi connectivity index (χ4n) is 2.25. The number of rotatable bonds is 3. The van der Waals surface area contributed by atoms with E-state index in [4.69, 9.17) is 4.74 Å². The number of aldehydes is 1. The summed E-state index contributed by atoms with van der Waals surface area (Å²) in [5.41, 5.74) is 2.55. The monoisotopic (exact) mass is 241 g/mol. The summed E-state index contributed by atoms with van der Waals surface area (Å²) in [5.74, 6) is 0.697. The number of methoxy groups -OCH3 is 1. The number of hydrogen-bond acceptors (Lipinski definition) is 4. The normalized spacial score (nSPS) is 14.4. The van der Waals surface area contributed by atoms with E-state index < -0.39 is 0 Å². The van der Waals surface area contributed by atoms with E-state index in [2.05, 4.69) is 16.0 Å². The molecule has 1 saturated carbocycles. The van der Waals surface area contributed by atoms with Gasteiger partial charge in [0.1, 0.15) is 11.6 Å². The van der Waals surface area contributed by atoms with Crippen molar-refractivity contribution >= 4 is 17.2 Å². The van der Waals surface area contributed by atoms with Gasteiger partial charge in [-0.3, -0.25) is 4.79 Å². The van der Waals surface area contributed by atoms with Gasteiger partial charge in [-0.15, -0.1) is 0 Å². The standard InChI is InChI=1S/C13H11N3O2/c1-18-13-10(6-17)12-9(5-15-13)8(4-14)11(16-12)7-2-3-7/h5-7,16H,2-3H2,1H3. The van der Waals surface area contributed by atoms with Crippen LogP contribution in [0.5, 0.6) is 5.88 Å². The Labute approximate surface area is 103 Å². The Bertz CT molecular complexity index is 678. The molecule has 5 nitrogen and oxygen atoms in total. The van der Waals surface area contributed by atoms with Gasteiger partial charge in [0.05, 0.1) is 18.2 Å². The number of nitrogens with zero attached hydrogens (tertiary/aromatic N) is 2. The molecule has 0 amide bonds. The minimum atomic E-state index is 0.283. The van der Waals surface area contributed by atoms with Crippen molar-refractivity contribution in [1.29, 1.82) is 5.26 Å². The maximum absolute atomic E-state index is 11.2. The molecule has 2 aromatic rings. The molecule has 5 heteroatoms. The van der Waals surface area contributed by atoms with Crippen molar-refractivity contribution in [3.05, 3.63) is 23.0 Å². The summed E-state index contributed by atoms with van der Waals surface area (Å²) in [5, 5.41) is 9.95. The Hall–Kier alpha value is -2.35. The molecule has 0 aromatic carbocycles. The number of aromatic nitrogens is 2. The van der Waals surface area contributed by atoms with Crippen LogP contribution in [0.4, 0.5) is 0 Å². The number of carbonyl (C=O) groups excluding carboxylic acids is 1. The third-order valence-corrected chi connectivity index (χ3v) is 3.29. The number of ether oxygens (including phenoxy) is 1. The highest BCUT2D eigenvalue weighted by molar-refractivity contribution is 6.00. The molecule has 1 fully saturated rings. The summed E-state index contributed by atoms with van der Waals surface area (Å²) >= 11 is 0. The number of nitrogens with one attached hydrogen (secondary N) is 1. The lowest BCUT2D eigenvalue weighted by Gasteiger charge is -2.02. The van der Waals surface area contributed by atoms with E-state index in [1.54, 1.807) is 6.20 Å². The summed E-state index contributed by atoms with van der Waals surface area (Å²) in [7, 11) is 1.47. The Balaban J connectivity index is 2.35. The molecule has 0 spiro atoms. The molecule has 0 bridgehead atoms. The first-order chi connectivity index (χ1) is 8.80. The summed E-state index contributed by atoms with van der Waals surface area (Å²) in [6, 6.07) is 2.20. The number of nitriles is 1. The van der Waals surface area contributed by atoms with Crippen LogP contribution < -0.4 is 4.74 Å². The molecular weight excluding hydrogens is 230 g/mol. The Morgan fingerprint density at radius 3 is 2.94 bits per heavy atom. The maximum atomic E-state index is 11.2. The minimum Gasteiger partial charge on any atom is -0.480 e. The SMILES string of the molecule is COc1ncc2c(C#N)c(C3CC3)[nH]c2c1C=O. The second-order valence-corrected chi connectivity index (χ2v) is 4.39. The zero-order valence-corrected chi connectivity index (χ0v) is 9.86. The van der Waals surface area contributed by atoms with Crippen molar-refractivity contribution in [3.8, 4) is 11.9 Å². The highest BCUT2D eigenvalue weighted by Gasteiger charge is 2.30. The lowest BCUT2D eigenvalue weighted by Crippen LogP contribution is -1.94. The van der Waals surface area contributed by atoms with Crippen molar-refractivity contribution < 1.29 is 9.53 Å². The molecule has 1 aliphatic carbocycles. The predicted molar refractivity (Wildman–Crippen MR) is 64.7 cm³/mol. The molecule has 1 N–H and O–H groups in total. The second-order valence-electron chi connectivity index (χ2n) is 4.39. The average Bonchev–Trinajstić information content (AvgIpc) is 3.18. The summed E-state index contributed by atoms with van der Waals surface area (Å²) in [4.78, 5) is 18.4. The molecule has 2 heterocycles. The second kappa shape index (κ2) is 3.84. The van der Waals surface area contributed by atoms with Crippen LogP contribution in [0.15, 0.2) is 6.20 Å². The number of carbonyl (C=O) groups is 1. The molecule has 0 unspecified atom stereocenters. The van der Waals surface area contributed by atoms with E-state index in [0.29, 0.717) is 34.2 Å². The van der Waals surface area contributed by atoms with E-state index in [0.717, 1.165) is 18.5 Å². The molecule has 0 aliphatic heterocycles. The van der Waals surface area contributed by atoms with Gasteiger partial charge in [0, 0.05) is 23.2 Å². The number of aromatic amines is 1. The van der Waals surface area contributed by atoms with Gasteiger partial charge in [-0.25, -0.2) is 4.98 Å². The van der Waals surface area contributed by atoms with Gasteiger partial charge in [0.2, 0.25) is 5.88 Å². The molecule has 0 atom stereocenters. The summed E-state index contributed by atoms with van der Waals surface area (Å²) < 4.78 is 5.06. The first-order valence-electron chi connectivity index (χ1n) is 5.74. The van der Waals surface area contributed by atoms with Gasteiger partial charge in [-0.05, 0) is 12.8 Å². The lowest BCUT2D eigenvalue weighted by atomic mass is 10.1. The highest BCUT2D eigenvalue weighted by atomic mass is 16.5. The quantitative estimate of drug-likeness (QED) is 0.835. The summed E-state index contributed by atoms with van der Waals surface area (Å²) in [6.07, 6.45) is 4.47. The number of pyridine rings is 1. The molecule has 2 aromatic heterocycles. The van der Waals surface area contributed by atoms with Crippen LogP contribution in [0.2, 0.25) is 0 Å². The number of hydrogen-bond donors (Lipinski definition) is 1. The maximum Gasteiger partial charge on any atom is 0.225 e. The van der Waals surface area contributed by atoms with Crippen molar-refractivity contribution in [1.82, 2.24) is 9.97 Å². The van der Waals surface area contributed by atoms with Crippen LogP contribution in [0.3, 0.4) is 0 Å². The molecule has 1 aliphatic rings. The van der Waals surface area contributed by atoms with Gasteiger partial charge in [-0.2, -0.15) is 5.26 Å². The smallest absolute Gasteiger partial charge is 0.225 e. The van der Waals surface area contributed by atoms with Crippen LogP contribution in [-0.4, -0.2) is 23.4 Å². The third-order valence-electron chi connectivity index (χ3n) is 3.29. The number of H-pyrrole nitrogens is 1. The van der Waals surface area contributed by atoms with Gasteiger partial charge in [-0.1, -0.05) is 0 Å². The predicted octanol–water partition coefficient (Wildman–Crippen LogP) is 2.13. The van der Waals surface area contributed by atoms with Gasteiger partial charge in [0.15, 0.2) is 6.29 Å². The molecule has 3 rings (SSSR count). The van der Waals surface area contributed by atoms with E-state index in [1.807, 2.05) is 0 Å². The fourth-order valence-corrected chi connectivity index (χ4v) is 2.25. The van der Waals surface area contributed by atoms with Gasteiger partial charge >= 0.3 is 0 Å². The van der Waals surface area contributed by atoms with Crippen molar-refractivity contribution in [2.75, 3.05) is 7.11 Å². The van der Waals surface area contributed by atoms with Gasteiger partial charge < -0.3 is 9.72 Å². The molecular formula is C13H11N3O2. The van der Waals surface area contributed by atoms with E-state index >= 15 is 0 Å². The topological polar surface area (TPSA) is 78.8 Å². The average molecular weight is 241 g/mol. The fraction of sp³-hybridized carbons (Fsp3) is 0.308. The van der Waals surface area contributed by atoms with Crippen molar-refractivity contribution in [2.24, 2.45) is 0 Å². The Morgan fingerprint density at radius 1 is 1.61 bits per heavy atom. The van der Waals surface area contributed by atoms with E-state index in [9.17, 15) is 10.1 Å². The Morgan fingerprint density at radius 2 is 2.39 bits per heavy atom. The molecule has 90 valence electrons. The van der Waals surface area contributed by atoms with Crippen LogP contribution in [0.1, 0.15) is 40.4 Å². The molecule has 0 radical (unpaired) electrons. The van der Waals surface area contributed by atoms with Crippen LogP contribution >= 0.6 is 0 Å². The zero-order valence-electron chi connectivity index (χ0n) is 9.86. The third kappa shape index (κ3) is 1.39. The van der Waals surface area contributed by atoms with Crippen LogP contribution in [0, 0.1) is 11.3 Å². The largest absolute Gasteiger partial charge is 0.480 e. The van der Waals surface area contributed by atoms with E-state index in [1.165, 1.54) is 7.11 Å². The van der Waals surface area contributed by atoms with Gasteiger partial charge in [0.25, 0.3) is 0 Å². The van der Waals surface area contributed by atoms with Crippen molar-refractivity contribution in [2.45, 2.75) is 18.8 Å². The zero-order chi connectivity index (χ0) is 12.7. The minimum absolute atomic E-state index is 0.283. The molecule has 18 heavy (non-hydrogen) atoms. The lowest BCUT2D eigenvalue weighted by molar-refractivity contribution is 0.112. The highest BCUT2D eigenvalue weighted by Crippen LogP contribution is 2.43. The summed E-state index contributed by atoms with van der Waals surface area (Å²) in [6.45, 7) is 0. The molecule has 0 saturated heterocycles. The Kier molecular flexibility index (Phi) is 2.30. The van der Waals surface area contributed by atoms with E-state index in [-0.39, 0.29) is 5.88 Å². The first kappa shape index (κ1) is 10.8. The van der Waals surface area contributed by atoms with Crippen LogP contribution in [-0.2, 0) is 0 Å². The van der Waals surface area contributed by atoms with Crippen LogP contribution in [0.25, 0.3) is 10.9 Å². The number of fused-ring (bicyclic) bond motifs is 1. The first-order valence-corrected chi connectivity index (χ1v) is 5.74. The van der Waals surface area contributed by atoms with Crippen molar-refractivity contribution in [3.63, 3.8) is 0 Å².